The Balaban J connectivity index is 0.00000220. The Morgan fingerprint density at radius 3 is 2.36 bits per heavy atom. The van der Waals surface area contributed by atoms with Crippen LogP contribution in [0.4, 0.5) is 5.69 Å². The predicted molar refractivity (Wildman–Crippen MR) is 97.0 cm³/mol. The van der Waals surface area contributed by atoms with Crippen LogP contribution in [0.15, 0.2) is 24.3 Å². The van der Waals surface area contributed by atoms with Crippen LogP contribution in [0.25, 0.3) is 0 Å². The van der Waals surface area contributed by atoms with Crippen molar-refractivity contribution in [3.05, 3.63) is 29.8 Å². The molecule has 1 aliphatic heterocycles. The molecule has 1 aromatic carbocycles. The third kappa shape index (κ3) is 6.86. The maximum atomic E-state index is 12.0. The first-order chi connectivity index (χ1) is 9.67. The van der Waals surface area contributed by atoms with Crippen LogP contribution >= 0.6 is 24.8 Å². The van der Waals surface area contributed by atoms with E-state index in [4.69, 9.17) is 5.73 Å². The van der Waals surface area contributed by atoms with E-state index in [-0.39, 0.29) is 30.7 Å². The molecule has 0 bridgehead atoms. The van der Waals surface area contributed by atoms with Gasteiger partial charge in [0.25, 0.3) is 0 Å². The van der Waals surface area contributed by atoms with Gasteiger partial charge in [-0.3, -0.25) is 4.79 Å². The lowest BCUT2D eigenvalue weighted by Gasteiger charge is -2.32. The topological polar surface area (TPSA) is 58.4 Å². The van der Waals surface area contributed by atoms with E-state index in [1.807, 2.05) is 24.3 Å². The van der Waals surface area contributed by atoms with E-state index in [0.29, 0.717) is 12.5 Å². The second kappa shape index (κ2) is 10.7. The lowest BCUT2D eigenvalue weighted by atomic mass is 10.0. The minimum atomic E-state index is 0. The third-order valence-corrected chi connectivity index (χ3v) is 3.84. The van der Waals surface area contributed by atoms with Crippen LogP contribution in [0.1, 0.15) is 31.7 Å². The zero-order valence-electron chi connectivity index (χ0n) is 13.1. The second-order valence-electron chi connectivity index (χ2n) is 5.60. The largest absolute Gasteiger partial charge is 0.399 e. The van der Waals surface area contributed by atoms with Crippen molar-refractivity contribution in [2.24, 2.45) is 0 Å². The maximum Gasteiger partial charge on any atom is 0.224 e. The van der Waals surface area contributed by atoms with Crippen LogP contribution in [-0.4, -0.2) is 36.5 Å². The van der Waals surface area contributed by atoms with Crippen molar-refractivity contribution in [1.82, 2.24) is 10.2 Å². The lowest BCUT2D eigenvalue weighted by molar-refractivity contribution is -0.121. The zero-order valence-corrected chi connectivity index (χ0v) is 14.7. The summed E-state index contributed by atoms with van der Waals surface area (Å²) in [6.07, 6.45) is 3.77. The van der Waals surface area contributed by atoms with Gasteiger partial charge in [-0.1, -0.05) is 19.1 Å². The molecule has 0 spiro atoms. The van der Waals surface area contributed by atoms with Gasteiger partial charge >= 0.3 is 0 Å². The Kier molecular flexibility index (Phi) is 10.2. The normalized spacial score (nSPS) is 15.5. The van der Waals surface area contributed by atoms with Crippen LogP contribution in [-0.2, 0) is 11.2 Å². The molecule has 0 atom stereocenters. The number of piperidine rings is 1. The standard InChI is InChI=1S/C16H25N3O.2ClH/c1-2-9-19-10-7-15(8-11-19)18-16(20)12-13-3-5-14(17)6-4-13;;/h3-6,15H,2,7-12,17H2,1H3,(H,18,20);2*1H. The molecule has 1 heterocycles. The number of hydrogen-bond donors (Lipinski definition) is 2. The van der Waals surface area contributed by atoms with Gasteiger partial charge < -0.3 is 16.0 Å². The highest BCUT2D eigenvalue weighted by Crippen LogP contribution is 2.11. The van der Waals surface area contributed by atoms with Gasteiger partial charge in [-0.2, -0.15) is 0 Å². The number of nitrogens with one attached hydrogen (secondary N) is 1. The number of carbonyl (C=O) groups is 1. The highest BCUT2D eigenvalue weighted by atomic mass is 35.5. The summed E-state index contributed by atoms with van der Waals surface area (Å²) in [5.74, 6) is 0.115. The van der Waals surface area contributed by atoms with Gasteiger partial charge in [0.05, 0.1) is 6.42 Å². The molecule has 0 radical (unpaired) electrons. The molecule has 1 saturated heterocycles. The average molecular weight is 348 g/mol. The Morgan fingerprint density at radius 1 is 1.23 bits per heavy atom. The summed E-state index contributed by atoms with van der Waals surface area (Å²) >= 11 is 0. The highest BCUT2D eigenvalue weighted by molar-refractivity contribution is 5.85. The first-order valence-corrected chi connectivity index (χ1v) is 7.53. The van der Waals surface area contributed by atoms with Crippen LogP contribution < -0.4 is 11.1 Å². The average Bonchev–Trinajstić information content (AvgIpc) is 2.44. The minimum Gasteiger partial charge on any atom is -0.399 e. The lowest BCUT2D eigenvalue weighted by Crippen LogP contribution is -2.45. The van der Waals surface area contributed by atoms with E-state index >= 15 is 0 Å². The number of hydrogen-bond acceptors (Lipinski definition) is 3. The Morgan fingerprint density at radius 2 is 1.82 bits per heavy atom. The molecule has 0 unspecified atom stereocenters. The van der Waals surface area contributed by atoms with Crippen molar-refractivity contribution in [3.63, 3.8) is 0 Å². The number of anilines is 1. The molecular formula is C16H27Cl2N3O. The molecule has 22 heavy (non-hydrogen) atoms. The fourth-order valence-corrected chi connectivity index (χ4v) is 2.72. The van der Waals surface area contributed by atoms with E-state index in [1.165, 1.54) is 13.0 Å². The molecule has 1 aliphatic rings. The number of benzene rings is 1. The monoisotopic (exact) mass is 347 g/mol. The summed E-state index contributed by atoms with van der Waals surface area (Å²) in [6.45, 7) is 5.58. The number of likely N-dealkylation sites (tertiary alicyclic amines) is 1. The number of amides is 1. The number of halogens is 2. The maximum absolute atomic E-state index is 12.0. The van der Waals surface area contributed by atoms with E-state index < -0.39 is 0 Å². The molecule has 3 N–H and O–H groups in total. The number of nitrogen functional groups attached to an aromatic ring is 1. The van der Waals surface area contributed by atoms with Crippen molar-refractivity contribution >= 4 is 36.4 Å². The summed E-state index contributed by atoms with van der Waals surface area (Å²) in [6, 6.07) is 7.85. The number of nitrogens with zero attached hydrogens (tertiary/aromatic N) is 1. The molecular weight excluding hydrogens is 321 g/mol. The molecule has 126 valence electrons. The van der Waals surface area contributed by atoms with Gasteiger partial charge in [-0.05, 0) is 43.5 Å². The Bertz CT molecular complexity index is 432. The molecule has 0 aromatic heterocycles. The quantitative estimate of drug-likeness (QED) is 0.805. The summed E-state index contributed by atoms with van der Waals surface area (Å²) in [5, 5.41) is 3.15. The minimum absolute atomic E-state index is 0. The summed E-state index contributed by atoms with van der Waals surface area (Å²) < 4.78 is 0. The molecule has 0 saturated carbocycles. The van der Waals surface area contributed by atoms with Gasteiger partial charge in [0.15, 0.2) is 0 Å². The van der Waals surface area contributed by atoms with Crippen LogP contribution in [0.5, 0.6) is 0 Å². The summed E-state index contributed by atoms with van der Waals surface area (Å²) in [5.41, 5.74) is 7.39. The first-order valence-electron chi connectivity index (χ1n) is 7.53. The molecule has 1 amide bonds. The SMILES string of the molecule is CCCN1CCC(NC(=O)Cc2ccc(N)cc2)CC1.Cl.Cl. The third-order valence-electron chi connectivity index (χ3n) is 3.84. The van der Waals surface area contributed by atoms with Crippen LogP contribution in [0.2, 0.25) is 0 Å². The second-order valence-corrected chi connectivity index (χ2v) is 5.60. The zero-order chi connectivity index (χ0) is 14.4. The molecule has 1 fully saturated rings. The molecule has 4 nitrogen and oxygen atoms in total. The van der Waals surface area contributed by atoms with Gasteiger partial charge in [0.1, 0.15) is 0 Å². The van der Waals surface area contributed by atoms with Gasteiger partial charge in [-0.15, -0.1) is 24.8 Å². The Labute approximate surface area is 145 Å². The smallest absolute Gasteiger partial charge is 0.224 e. The number of rotatable bonds is 5. The fourth-order valence-electron chi connectivity index (χ4n) is 2.72. The summed E-state index contributed by atoms with van der Waals surface area (Å²) in [4.78, 5) is 14.5. The molecule has 6 heteroatoms. The number of carbonyl (C=O) groups excluding carboxylic acids is 1. The van der Waals surface area contributed by atoms with E-state index in [0.717, 1.165) is 37.2 Å². The fraction of sp³-hybridized carbons (Fsp3) is 0.562. The van der Waals surface area contributed by atoms with Crippen molar-refractivity contribution in [2.45, 2.75) is 38.6 Å². The predicted octanol–water partition coefficient (Wildman–Crippen LogP) is 2.65. The van der Waals surface area contributed by atoms with Crippen LogP contribution in [0, 0.1) is 0 Å². The van der Waals surface area contributed by atoms with Crippen molar-refractivity contribution in [3.8, 4) is 0 Å². The van der Waals surface area contributed by atoms with Gasteiger partial charge in [0, 0.05) is 24.8 Å². The van der Waals surface area contributed by atoms with Gasteiger partial charge in [0.2, 0.25) is 5.91 Å². The van der Waals surface area contributed by atoms with Crippen molar-refractivity contribution < 1.29 is 4.79 Å². The van der Waals surface area contributed by atoms with Crippen LogP contribution in [0.3, 0.4) is 0 Å². The molecule has 0 aliphatic carbocycles. The van der Waals surface area contributed by atoms with Gasteiger partial charge in [-0.25, -0.2) is 0 Å². The first kappa shape index (κ1) is 21.0. The highest BCUT2D eigenvalue weighted by Gasteiger charge is 2.19. The van der Waals surface area contributed by atoms with E-state index in [9.17, 15) is 4.79 Å². The molecule has 2 rings (SSSR count). The van der Waals surface area contributed by atoms with Crippen molar-refractivity contribution in [1.29, 1.82) is 0 Å². The molecule has 1 aromatic rings. The van der Waals surface area contributed by atoms with E-state index in [1.54, 1.807) is 0 Å². The van der Waals surface area contributed by atoms with E-state index in [2.05, 4.69) is 17.1 Å². The summed E-state index contributed by atoms with van der Waals surface area (Å²) in [7, 11) is 0. The van der Waals surface area contributed by atoms with Crippen molar-refractivity contribution in [2.75, 3.05) is 25.4 Å². The Hall–Kier alpha value is -0.970. The number of nitrogens with two attached hydrogens (primary N) is 1.